The van der Waals surface area contributed by atoms with E-state index in [0.29, 0.717) is 13.1 Å². The summed E-state index contributed by atoms with van der Waals surface area (Å²) in [6.07, 6.45) is 3.40. The number of hydrogen-bond donors (Lipinski definition) is 1. The van der Waals surface area contributed by atoms with Gasteiger partial charge in [-0.15, -0.1) is 0 Å². The third-order valence-corrected chi connectivity index (χ3v) is 2.77. The van der Waals surface area contributed by atoms with Crippen molar-refractivity contribution in [3.8, 4) is 0 Å². The molecule has 17 heavy (non-hydrogen) atoms. The van der Waals surface area contributed by atoms with Crippen LogP contribution in [-0.2, 0) is 25.9 Å². The Hall–Kier alpha value is -1.62. The van der Waals surface area contributed by atoms with Gasteiger partial charge in [-0.25, -0.2) is 9.67 Å². The fraction of sp³-hybridized carbons (Fsp3) is 0.500. The first-order valence-electron chi connectivity index (χ1n) is 5.96. The first-order chi connectivity index (χ1) is 8.28. The first-order valence-corrected chi connectivity index (χ1v) is 5.96. The van der Waals surface area contributed by atoms with Gasteiger partial charge in [-0.1, -0.05) is 13.8 Å². The summed E-state index contributed by atoms with van der Waals surface area (Å²) in [6.45, 7) is 5.24. The Balaban J connectivity index is 2.25. The van der Waals surface area contributed by atoms with Crippen LogP contribution in [-0.4, -0.2) is 14.8 Å². The van der Waals surface area contributed by atoms with Crippen LogP contribution in [0.4, 0.5) is 0 Å². The zero-order valence-electron chi connectivity index (χ0n) is 10.3. The van der Waals surface area contributed by atoms with Crippen LogP contribution in [0.1, 0.15) is 36.8 Å². The first kappa shape index (κ1) is 11.9. The molecule has 0 saturated heterocycles. The van der Waals surface area contributed by atoms with Crippen molar-refractivity contribution in [2.24, 2.45) is 5.73 Å². The molecule has 92 valence electrons. The van der Waals surface area contributed by atoms with Crippen molar-refractivity contribution in [2.45, 2.75) is 39.8 Å². The molecule has 0 bridgehead atoms. The minimum Gasteiger partial charge on any atom is -0.468 e. The van der Waals surface area contributed by atoms with Crippen molar-refractivity contribution in [1.82, 2.24) is 14.8 Å². The van der Waals surface area contributed by atoms with Gasteiger partial charge in [0.2, 0.25) is 0 Å². The van der Waals surface area contributed by atoms with Crippen LogP contribution in [0.2, 0.25) is 0 Å². The highest BCUT2D eigenvalue weighted by molar-refractivity contribution is 5.17. The summed E-state index contributed by atoms with van der Waals surface area (Å²) in [4.78, 5) is 4.47. The molecular formula is C12H18N4O. The Kier molecular flexibility index (Phi) is 3.58. The number of nitrogens with zero attached hydrogens (tertiary/aromatic N) is 3. The Bertz CT molecular complexity index is 486. The van der Waals surface area contributed by atoms with E-state index in [1.165, 1.54) is 0 Å². The van der Waals surface area contributed by atoms with Gasteiger partial charge < -0.3 is 10.2 Å². The van der Waals surface area contributed by atoms with E-state index in [2.05, 4.69) is 23.9 Å². The van der Waals surface area contributed by atoms with Crippen molar-refractivity contribution >= 4 is 0 Å². The molecule has 2 aromatic rings. The lowest BCUT2D eigenvalue weighted by Gasteiger charge is -2.03. The monoisotopic (exact) mass is 234 g/mol. The molecule has 0 saturated carbocycles. The third kappa shape index (κ3) is 2.39. The Morgan fingerprint density at radius 3 is 2.82 bits per heavy atom. The Morgan fingerprint density at radius 1 is 1.35 bits per heavy atom. The van der Waals surface area contributed by atoms with Crippen molar-refractivity contribution in [2.75, 3.05) is 0 Å². The van der Waals surface area contributed by atoms with Gasteiger partial charge in [0.15, 0.2) is 5.82 Å². The Labute approximate surface area is 101 Å². The van der Waals surface area contributed by atoms with E-state index in [-0.39, 0.29) is 0 Å². The zero-order chi connectivity index (χ0) is 12.3. The van der Waals surface area contributed by atoms with Crippen LogP contribution >= 0.6 is 0 Å². The number of rotatable bonds is 5. The third-order valence-electron chi connectivity index (χ3n) is 2.77. The van der Waals surface area contributed by atoms with Crippen LogP contribution in [0.3, 0.4) is 0 Å². The lowest BCUT2D eigenvalue weighted by atomic mass is 10.2. The zero-order valence-corrected chi connectivity index (χ0v) is 10.3. The minimum absolute atomic E-state index is 0.416. The molecule has 0 aliphatic carbocycles. The fourth-order valence-electron chi connectivity index (χ4n) is 1.81. The van der Waals surface area contributed by atoms with Crippen molar-refractivity contribution in [3.63, 3.8) is 0 Å². The van der Waals surface area contributed by atoms with E-state index in [1.54, 1.807) is 6.26 Å². The highest BCUT2D eigenvalue weighted by Crippen LogP contribution is 2.12. The van der Waals surface area contributed by atoms with Crippen LogP contribution in [0.5, 0.6) is 0 Å². The standard InChI is InChI=1S/C12H18N4O/c1-3-11-14-12(4-2)16(15-11)8-9-5-6-17-10(9)7-13/h5-6H,3-4,7-8,13H2,1-2H3. The van der Waals surface area contributed by atoms with Crippen LogP contribution in [0.15, 0.2) is 16.7 Å². The van der Waals surface area contributed by atoms with Gasteiger partial charge in [0.25, 0.3) is 0 Å². The summed E-state index contributed by atoms with van der Waals surface area (Å²) in [5.74, 6) is 2.71. The summed E-state index contributed by atoms with van der Waals surface area (Å²) >= 11 is 0. The molecular weight excluding hydrogens is 216 g/mol. The topological polar surface area (TPSA) is 69.9 Å². The van der Waals surface area contributed by atoms with Crippen LogP contribution < -0.4 is 5.73 Å². The highest BCUT2D eigenvalue weighted by Gasteiger charge is 2.11. The van der Waals surface area contributed by atoms with Gasteiger partial charge in [-0.05, 0) is 6.07 Å². The van der Waals surface area contributed by atoms with Gasteiger partial charge in [0.1, 0.15) is 11.6 Å². The maximum Gasteiger partial charge on any atom is 0.150 e. The van der Waals surface area contributed by atoms with Crippen molar-refractivity contribution in [1.29, 1.82) is 0 Å². The molecule has 5 nitrogen and oxygen atoms in total. The SMILES string of the molecule is CCc1nc(CC)n(Cc2ccoc2CN)n1. The highest BCUT2D eigenvalue weighted by atomic mass is 16.3. The second kappa shape index (κ2) is 5.14. The van der Waals surface area contributed by atoms with E-state index in [1.807, 2.05) is 10.7 Å². The molecule has 2 N–H and O–H groups in total. The summed E-state index contributed by atoms with van der Waals surface area (Å²) in [5, 5.41) is 4.47. The molecule has 0 unspecified atom stereocenters. The lowest BCUT2D eigenvalue weighted by molar-refractivity contribution is 0.502. The molecule has 0 spiro atoms. The molecule has 0 atom stereocenters. The van der Waals surface area contributed by atoms with Crippen LogP contribution in [0, 0.1) is 0 Å². The van der Waals surface area contributed by atoms with Crippen molar-refractivity contribution < 1.29 is 4.42 Å². The van der Waals surface area contributed by atoms with E-state index in [0.717, 1.165) is 35.8 Å². The number of aromatic nitrogens is 3. The van der Waals surface area contributed by atoms with E-state index >= 15 is 0 Å². The number of hydrogen-bond acceptors (Lipinski definition) is 4. The molecule has 0 fully saturated rings. The average molecular weight is 234 g/mol. The molecule has 0 radical (unpaired) electrons. The maximum absolute atomic E-state index is 5.61. The normalized spacial score (nSPS) is 11.0. The smallest absolute Gasteiger partial charge is 0.150 e. The number of aryl methyl sites for hydroxylation is 2. The number of nitrogens with two attached hydrogens (primary N) is 1. The predicted molar refractivity (Wildman–Crippen MR) is 64.5 cm³/mol. The van der Waals surface area contributed by atoms with Crippen molar-refractivity contribution in [3.05, 3.63) is 35.3 Å². The van der Waals surface area contributed by atoms with E-state index < -0.39 is 0 Å². The predicted octanol–water partition coefficient (Wildman–Crippen LogP) is 1.50. The van der Waals surface area contributed by atoms with Crippen LogP contribution in [0.25, 0.3) is 0 Å². The molecule has 0 aliphatic rings. The van der Waals surface area contributed by atoms with E-state index in [4.69, 9.17) is 10.2 Å². The molecule has 2 rings (SSSR count). The molecule has 0 aromatic carbocycles. The van der Waals surface area contributed by atoms with Gasteiger partial charge >= 0.3 is 0 Å². The van der Waals surface area contributed by atoms with Gasteiger partial charge in [0.05, 0.1) is 19.4 Å². The van der Waals surface area contributed by atoms with Gasteiger partial charge in [0, 0.05) is 18.4 Å². The second-order valence-electron chi connectivity index (χ2n) is 3.88. The summed E-state index contributed by atoms with van der Waals surface area (Å²) < 4.78 is 7.24. The van der Waals surface area contributed by atoms with E-state index in [9.17, 15) is 0 Å². The summed E-state index contributed by atoms with van der Waals surface area (Å²) in [6, 6.07) is 1.94. The lowest BCUT2D eigenvalue weighted by Crippen LogP contribution is -2.08. The molecule has 0 amide bonds. The van der Waals surface area contributed by atoms with Gasteiger partial charge in [-0.2, -0.15) is 5.10 Å². The maximum atomic E-state index is 5.61. The second-order valence-corrected chi connectivity index (χ2v) is 3.88. The minimum atomic E-state index is 0.416. The molecule has 5 heteroatoms. The van der Waals surface area contributed by atoms with Gasteiger partial charge in [-0.3, -0.25) is 0 Å². The number of furan rings is 1. The average Bonchev–Trinajstić information content (AvgIpc) is 2.95. The largest absolute Gasteiger partial charge is 0.468 e. The molecule has 2 aromatic heterocycles. The molecule has 2 heterocycles. The summed E-state index contributed by atoms with van der Waals surface area (Å²) in [7, 11) is 0. The summed E-state index contributed by atoms with van der Waals surface area (Å²) in [5.41, 5.74) is 6.69. The molecule has 0 aliphatic heterocycles. The Morgan fingerprint density at radius 2 is 2.18 bits per heavy atom. The quantitative estimate of drug-likeness (QED) is 0.851. The fourth-order valence-corrected chi connectivity index (χ4v) is 1.81.